The standard InChI is InChI=1S/C9H10O2S/c1-11-9(10)8-6-3-2-5(12)4-7(6)8/h2-4,6-8,12H,1H3. The largest absolute Gasteiger partial charge is 0.469 e. The van der Waals surface area contributed by atoms with Crippen molar-refractivity contribution < 1.29 is 9.53 Å². The summed E-state index contributed by atoms with van der Waals surface area (Å²) in [4.78, 5) is 12.1. The van der Waals surface area contributed by atoms with Crippen molar-refractivity contribution in [3.05, 3.63) is 23.1 Å². The Morgan fingerprint density at radius 3 is 2.92 bits per heavy atom. The molecule has 0 aromatic heterocycles. The van der Waals surface area contributed by atoms with Gasteiger partial charge in [-0.1, -0.05) is 18.2 Å². The van der Waals surface area contributed by atoms with E-state index in [0.717, 1.165) is 4.91 Å². The van der Waals surface area contributed by atoms with Gasteiger partial charge in [0.25, 0.3) is 0 Å². The van der Waals surface area contributed by atoms with Crippen LogP contribution in [0.4, 0.5) is 0 Å². The maximum absolute atomic E-state index is 11.1. The molecule has 0 aliphatic heterocycles. The van der Waals surface area contributed by atoms with E-state index in [1.807, 2.05) is 18.2 Å². The summed E-state index contributed by atoms with van der Waals surface area (Å²) in [6, 6.07) is 0. The van der Waals surface area contributed by atoms with Gasteiger partial charge in [0.15, 0.2) is 0 Å². The number of hydrogen-bond donors (Lipinski definition) is 1. The van der Waals surface area contributed by atoms with Gasteiger partial charge in [-0.25, -0.2) is 0 Å². The molecule has 2 aliphatic carbocycles. The summed E-state index contributed by atoms with van der Waals surface area (Å²) >= 11 is 4.21. The van der Waals surface area contributed by atoms with Crippen LogP contribution in [-0.4, -0.2) is 13.1 Å². The van der Waals surface area contributed by atoms with E-state index < -0.39 is 0 Å². The number of hydrogen-bond acceptors (Lipinski definition) is 3. The zero-order chi connectivity index (χ0) is 8.72. The molecule has 0 amide bonds. The molecule has 0 aromatic rings. The van der Waals surface area contributed by atoms with Gasteiger partial charge in [0, 0.05) is 4.91 Å². The summed E-state index contributed by atoms with van der Waals surface area (Å²) in [7, 11) is 1.43. The molecule has 0 heterocycles. The van der Waals surface area contributed by atoms with Crippen LogP contribution in [0.1, 0.15) is 0 Å². The Hall–Kier alpha value is -0.700. The van der Waals surface area contributed by atoms with E-state index in [-0.39, 0.29) is 11.9 Å². The highest BCUT2D eigenvalue weighted by molar-refractivity contribution is 7.84. The number of thiol groups is 1. The molecule has 0 saturated heterocycles. The third-order valence-electron chi connectivity index (χ3n) is 2.46. The molecule has 0 radical (unpaired) electrons. The Bertz CT molecular complexity index is 280. The van der Waals surface area contributed by atoms with Gasteiger partial charge in [-0.15, -0.1) is 12.6 Å². The van der Waals surface area contributed by atoms with Gasteiger partial charge in [0.1, 0.15) is 0 Å². The van der Waals surface area contributed by atoms with Crippen LogP contribution in [0.25, 0.3) is 0 Å². The molecular formula is C9H10O2S. The van der Waals surface area contributed by atoms with Crippen molar-refractivity contribution in [2.75, 3.05) is 7.11 Å². The molecule has 3 unspecified atom stereocenters. The minimum absolute atomic E-state index is 0.0518. The average Bonchev–Trinajstić information content (AvgIpc) is 2.76. The van der Waals surface area contributed by atoms with E-state index >= 15 is 0 Å². The summed E-state index contributed by atoms with van der Waals surface area (Å²) in [5, 5.41) is 0. The molecule has 2 rings (SSSR count). The Labute approximate surface area is 76.7 Å². The minimum Gasteiger partial charge on any atom is -0.469 e. The average molecular weight is 182 g/mol. The summed E-state index contributed by atoms with van der Waals surface area (Å²) < 4.78 is 4.67. The molecule has 0 spiro atoms. The fourth-order valence-corrected chi connectivity index (χ4v) is 1.99. The lowest BCUT2D eigenvalue weighted by molar-refractivity contribution is -0.142. The molecule has 1 saturated carbocycles. The Morgan fingerprint density at radius 1 is 1.58 bits per heavy atom. The molecule has 0 aromatic carbocycles. The minimum atomic E-state index is -0.103. The zero-order valence-corrected chi connectivity index (χ0v) is 7.62. The van der Waals surface area contributed by atoms with Crippen LogP contribution >= 0.6 is 12.6 Å². The summed E-state index contributed by atoms with van der Waals surface area (Å²) in [5.74, 6) is 0.660. The zero-order valence-electron chi connectivity index (χ0n) is 6.73. The third-order valence-corrected chi connectivity index (χ3v) is 2.76. The van der Waals surface area contributed by atoms with Crippen LogP contribution in [0.15, 0.2) is 23.1 Å². The quantitative estimate of drug-likeness (QED) is 0.490. The van der Waals surface area contributed by atoms with E-state index in [2.05, 4.69) is 17.4 Å². The monoisotopic (exact) mass is 182 g/mol. The van der Waals surface area contributed by atoms with Crippen LogP contribution in [0.2, 0.25) is 0 Å². The fraction of sp³-hybridized carbons (Fsp3) is 0.444. The van der Waals surface area contributed by atoms with E-state index in [0.29, 0.717) is 11.8 Å². The third kappa shape index (κ3) is 1.08. The SMILES string of the molecule is COC(=O)C1C2C=CC(S)=CC21. The van der Waals surface area contributed by atoms with Crippen LogP contribution in [-0.2, 0) is 9.53 Å². The first kappa shape index (κ1) is 7.92. The lowest BCUT2D eigenvalue weighted by atomic mass is 10.2. The van der Waals surface area contributed by atoms with Crippen molar-refractivity contribution in [3.63, 3.8) is 0 Å². The lowest BCUT2D eigenvalue weighted by Gasteiger charge is -1.95. The van der Waals surface area contributed by atoms with Gasteiger partial charge in [-0.05, 0) is 11.8 Å². The molecule has 3 heteroatoms. The number of methoxy groups -OCH3 is 1. The Balaban J connectivity index is 2.11. The van der Waals surface area contributed by atoms with Gasteiger partial charge in [0.2, 0.25) is 0 Å². The summed E-state index contributed by atoms with van der Waals surface area (Å²) in [6.07, 6.45) is 6.00. The van der Waals surface area contributed by atoms with E-state index in [9.17, 15) is 4.79 Å². The van der Waals surface area contributed by atoms with Crippen molar-refractivity contribution in [2.24, 2.45) is 17.8 Å². The number of rotatable bonds is 1. The molecule has 2 aliphatic rings. The van der Waals surface area contributed by atoms with E-state index in [1.54, 1.807) is 0 Å². The number of esters is 1. The molecule has 2 nitrogen and oxygen atoms in total. The summed E-state index contributed by atoms with van der Waals surface area (Å²) in [6.45, 7) is 0. The van der Waals surface area contributed by atoms with Crippen LogP contribution in [0.3, 0.4) is 0 Å². The van der Waals surface area contributed by atoms with E-state index in [4.69, 9.17) is 0 Å². The van der Waals surface area contributed by atoms with Crippen molar-refractivity contribution in [1.29, 1.82) is 0 Å². The van der Waals surface area contributed by atoms with Crippen molar-refractivity contribution in [2.45, 2.75) is 0 Å². The number of fused-ring (bicyclic) bond motifs is 1. The highest BCUT2D eigenvalue weighted by Crippen LogP contribution is 2.51. The molecular weight excluding hydrogens is 172 g/mol. The van der Waals surface area contributed by atoms with Gasteiger partial charge in [-0.2, -0.15) is 0 Å². The number of carbonyl (C=O) groups excluding carboxylic acids is 1. The maximum Gasteiger partial charge on any atom is 0.309 e. The molecule has 64 valence electrons. The second-order valence-electron chi connectivity index (χ2n) is 3.15. The number of ether oxygens (including phenoxy) is 1. The van der Waals surface area contributed by atoms with Gasteiger partial charge >= 0.3 is 5.97 Å². The van der Waals surface area contributed by atoms with Crippen molar-refractivity contribution in [3.8, 4) is 0 Å². The van der Waals surface area contributed by atoms with Gasteiger partial charge in [-0.3, -0.25) is 4.79 Å². The number of carbonyl (C=O) groups is 1. The molecule has 12 heavy (non-hydrogen) atoms. The van der Waals surface area contributed by atoms with Gasteiger partial charge < -0.3 is 4.74 Å². The van der Waals surface area contributed by atoms with Crippen LogP contribution < -0.4 is 0 Å². The van der Waals surface area contributed by atoms with Crippen molar-refractivity contribution >= 4 is 18.6 Å². The first-order valence-corrected chi connectivity index (χ1v) is 4.35. The molecule has 3 atom stereocenters. The highest BCUT2D eigenvalue weighted by atomic mass is 32.1. The maximum atomic E-state index is 11.1. The highest BCUT2D eigenvalue weighted by Gasteiger charge is 2.53. The van der Waals surface area contributed by atoms with Gasteiger partial charge in [0.05, 0.1) is 13.0 Å². The predicted octanol–water partition coefficient (Wildman–Crippen LogP) is 1.41. The summed E-state index contributed by atoms with van der Waals surface area (Å²) in [5.41, 5.74) is 0. The molecule has 0 N–H and O–H groups in total. The van der Waals surface area contributed by atoms with Crippen LogP contribution in [0.5, 0.6) is 0 Å². The first-order chi connectivity index (χ1) is 5.74. The molecule has 1 fully saturated rings. The smallest absolute Gasteiger partial charge is 0.309 e. The second kappa shape index (κ2) is 2.66. The fourth-order valence-electron chi connectivity index (χ4n) is 1.73. The van der Waals surface area contributed by atoms with E-state index in [1.165, 1.54) is 7.11 Å². The Kier molecular flexibility index (Phi) is 1.76. The second-order valence-corrected chi connectivity index (χ2v) is 3.67. The predicted molar refractivity (Wildman–Crippen MR) is 48.7 cm³/mol. The Morgan fingerprint density at radius 2 is 2.33 bits per heavy atom. The molecule has 0 bridgehead atoms. The van der Waals surface area contributed by atoms with Crippen molar-refractivity contribution in [1.82, 2.24) is 0 Å². The lowest BCUT2D eigenvalue weighted by Crippen LogP contribution is -2.04. The first-order valence-electron chi connectivity index (χ1n) is 3.91. The normalized spacial score (nSPS) is 36.8. The number of allylic oxidation sites excluding steroid dienone is 3. The topological polar surface area (TPSA) is 26.3 Å². The van der Waals surface area contributed by atoms with Crippen LogP contribution in [0, 0.1) is 17.8 Å².